The highest BCUT2D eigenvalue weighted by Crippen LogP contribution is 2.36. The summed E-state index contributed by atoms with van der Waals surface area (Å²) in [4.78, 5) is 1.26. The molecule has 2 heteroatoms. The molecule has 0 saturated heterocycles. The highest BCUT2D eigenvalue weighted by atomic mass is 32.2. The van der Waals surface area contributed by atoms with E-state index in [1.165, 1.54) is 43.4 Å². The van der Waals surface area contributed by atoms with E-state index < -0.39 is 0 Å². The van der Waals surface area contributed by atoms with E-state index in [1.54, 1.807) is 11.9 Å². The maximum absolute atomic E-state index is 2.36. The van der Waals surface area contributed by atoms with Crippen LogP contribution in [0.15, 0.2) is 65.6 Å². The van der Waals surface area contributed by atoms with Gasteiger partial charge in [-0.05, 0) is 69.1 Å². The van der Waals surface area contributed by atoms with Crippen molar-refractivity contribution in [1.29, 1.82) is 0 Å². The van der Waals surface area contributed by atoms with Crippen LogP contribution in [-0.4, -0.2) is 3.97 Å². The predicted octanol–water partition coefficient (Wildman–Crippen LogP) is 9.35. The molecule has 1 nitrogen and oxygen atoms in total. The fraction of sp³-hybridized carbons (Fsp3) is 0.333. The second-order valence-electron chi connectivity index (χ2n) is 6.24. The highest BCUT2D eigenvalue weighted by Gasteiger charge is 2.12. The van der Waals surface area contributed by atoms with E-state index in [1.807, 2.05) is 41.5 Å². The second kappa shape index (κ2) is 12.4. The third-order valence-electron chi connectivity index (χ3n) is 4.25. The summed E-state index contributed by atoms with van der Waals surface area (Å²) >= 11 is 1.79. The van der Waals surface area contributed by atoms with Crippen molar-refractivity contribution in [3.05, 3.63) is 77.4 Å². The second-order valence-corrected chi connectivity index (χ2v) is 7.26. The smallest absolute Gasteiger partial charge is 0.0608 e. The molecule has 156 valence electrons. The quantitative estimate of drug-likeness (QED) is 0.320. The van der Waals surface area contributed by atoms with Gasteiger partial charge in [0, 0.05) is 15.7 Å². The molecule has 0 bridgehead atoms. The number of aryl methyl sites for hydroxylation is 3. The van der Waals surface area contributed by atoms with Gasteiger partial charge in [0.2, 0.25) is 0 Å². The summed E-state index contributed by atoms with van der Waals surface area (Å²) in [6, 6.07) is 22.2. The largest absolute Gasteiger partial charge is 0.279 e. The van der Waals surface area contributed by atoms with E-state index in [0.717, 1.165) is 0 Å². The molecular weight excluding hydrogens is 370 g/mol. The van der Waals surface area contributed by atoms with Gasteiger partial charge in [0.25, 0.3) is 0 Å². The van der Waals surface area contributed by atoms with Crippen molar-refractivity contribution in [3.63, 3.8) is 0 Å². The number of nitrogens with zero attached hydrogens (tertiary/aromatic N) is 1. The number of hydrogen-bond acceptors (Lipinski definition) is 1. The fourth-order valence-electron chi connectivity index (χ4n) is 3.02. The molecular formula is C27H37NS. The van der Waals surface area contributed by atoms with Crippen LogP contribution < -0.4 is 0 Å². The number of hydrogen-bond donors (Lipinski definition) is 0. The lowest BCUT2D eigenvalue weighted by atomic mass is 10.1. The first-order valence-electron chi connectivity index (χ1n) is 10.9. The molecule has 0 aliphatic rings. The van der Waals surface area contributed by atoms with Gasteiger partial charge in [0.05, 0.1) is 11.0 Å². The molecule has 0 spiro atoms. The minimum Gasteiger partial charge on any atom is -0.279 e. The van der Waals surface area contributed by atoms with Gasteiger partial charge in [-0.1, -0.05) is 82.5 Å². The Kier molecular flexibility index (Phi) is 10.6. The highest BCUT2D eigenvalue weighted by molar-refractivity contribution is 7.98. The summed E-state index contributed by atoms with van der Waals surface area (Å²) in [6.07, 6.45) is 0. The molecule has 0 aliphatic carbocycles. The van der Waals surface area contributed by atoms with Crippen LogP contribution in [0, 0.1) is 20.8 Å². The molecule has 0 fully saturated rings. The SMILES string of the molecule is CC.CC.CC.Cc1ccc(Sn2c3ccc(C)cc3c3cc(C)ccc32)cc1. The zero-order valence-electron chi connectivity index (χ0n) is 19.6. The molecule has 1 aromatic heterocycles. The molecule has 0 N–H and O–H groups in total. The van der Waals surface area contributed by atoms with Gasteiger partial charge >= 0.3 is 0 Å². The Morgan fingerprint density at radius 1 is 0.517 bits per heavy atom. The molecule has 0 unspecified atom stereocenters. The van der Waals surface area contributed by atoms with E-state index in [4.69, 9.17) is 0 Å². The van der Waals surface area contributed by atoms with Gasteiger partial charge in [-0.25, -0.2) is 0 Å². The lowest BCUT2D eigenvalue weighted by Crippen LogP contribution is -1.87. The van der Waals surface area contributed by atoms with Gasteiger partial charge in [-0.2, -0.15) is 0 Å². The number of aromatic nitrogens is 1. The van der Waals surface area contributed by atoms with Gasteiger partial charge in [-0.15, -0.1) is 0 Å². The van der Waals surface area contributed by atoms with Crippen LogP contribution >= 0.6 is 11.9 Å². The number of fused-ring (bicyclic) bond motifs is 3. The molecule has 0 radical (unpaired) electrons. The van der Waals surface area contributed by atoms with Crippen molar-refractivity contribution < 1.29 is 0 Å². The lowest BCUT2D eigenvalue weighted by molar-refractivity contribution is 1.33. The van der Waals surface area contributed by atoms with Crippen LogP contribution in [0.2, 0.25) is 0 Å². The molecule has 3 aromatic carbocycles. The van der Waals surface area contributed by atoms with Crippen LogP contribution in [0.4, 0.5) is 0 Å². The van der Waals surface area contributed by atoms with E-state index in [2.05, 4.69) is 85.4 Å². The molecule has 0 atom stereocenters. The summed E-state index contributed by atoms with van der Waals surface area (Å²) in [5, 5.41) is 2.67. The summed E-state index contributed by atoms with van der Waals surface area (Å²) in [5.41, 5.74) is 6.46. The zero-order valence-corrected chi connectivity index (χ0v) is 20.4. The Bertz CT molecular complexity index is 951. The first kappa shape index (κ1) is 24.8. The molecule has 0 amide bonds. The summed E-state index contributed by atoms with van der Waals surface area (Å²) in [5.74, 6) is 0. The number of rotatable bonds is 2. The first-order chi connectivity index (χ1) is 14.1. The van der Waals surface area contributed by atoms with E-state index in [0.29, 0.717) is 0 Å². The van der Waals surface area contributed by atoms with Gasteiger partial charge < -0.3 is 0 Å². The van der Waals surface area contributed by atoms with E-state index in [9.17, 15) is 0 Å². The minimum atomic E-state index is 1.26. The van der Waals surface area contributed by atoms with Crippen molar-refractivity contribution in [2.45, 2.75) is 67.2 Å². The summed E-state index contributed by atoms with van der Waals surface area (Å²) in [7, 11) is 0. The molecule has 4 rings (SSSR count). The van der Waals surface area contributed by atoms with Gasteiger partial charge in [-0.3, -0.25) is 3.97 Å². The standard InChI is InChI=1S/C21H19NS.3C2H6/c1-14-4-8-17(9-5-14)23-22-20-10-6-15(2)12-18(20)19-13-16(3)7-11-21(19)22;3*1-2/h4-13H,1-3H3;3*1-2H3. The average molecular weight is 408 g/mol. The Labute approximate surface area is 182 Å². The maximum atomic E-state index is 2.36. The van der Waals surface area contributed by atoms with Crippen molar-refractivity contribution in [1.82, 2.24) is 3.97 Å². The first-order valence-corrected chi connectivity index (χ1v) is 11.7. The van der Waals surface area contributed by atoms with Crippen LogP contribution in [0.1, 0.15) is 58.2 Å². The Balaban J connectivity index is 0.000000644. The average Bonchev–Trinajstić information content (AvgIpc) is 3.06. The topological polar surface area (TPSA) is 4.93 Å². The summed E-state index contributed by atoms with van der Waals surface area (Å²) in [6.45, 7) is 18.4. The van der Waals surface area contributed by atoms with Crippen molar-refractivity contribution in [2.24, 2.45) is 0 Å². The van der Waals surface area contributed by atoms with Crippen molar-refractivity contribution in [3.8, 4) is 0 Å². The Morgan fingerprint density at radius 3 is 1.31 bits per heavy atom. The predicted molar refractivity (Wildman–Crippen MR) is 135 cm³/mol. The fourth-order valence-corrected chi connectivity index (χ4v) is 4.00. The third kappa shape index (κ3) is 5.90. The van der Waals surface area contributed by atoms with Crippen molar-refractivity contribution in [2.75, 3.05) is 0 Å². The van der Waals surface area contributed by atoms with Crippen LogP contribution in [-0.2, 0) is 0 Å². The normalized spacial score (nSPS) is 9.69. The minimum absolute atomic E-state index is 1.26. The van der Waals surface area contributed by atoms with Crippen LogP contribution in [0.3, 0.4) is 0 Å². The van der Waals surface area contributed by atoms with Crippen LogP contribution in [0.5, 0.6) is 0 Å². The molecule has 0 saturated carbocycles. The number of benzene rings is 3. The Morgan fingerprint density at radius 2 is 0.897 bits per heavy atom. The Hall–Kier alpha value is -2.19. The van der Waals surface area contributed by atoms with Gasteiger partial charge in [0.15, 0.2) is 0 Å². The van der Waals surface area contributed by atoms with Crippen molar-refractivity contribution >= 4 is 33.8 Å². The third-order valence-corrected chi connectivity index (χ3v) is 5.31. The maximum Gasteiger partial charge on any atom is 0.0608 e. The van der Waals surface area contributed by atoms with E-state index in [-0.39, 0.29) is 0 Å². The van der Waals surface area contributed by atoms with Gasteiger partial charge in [0.1, 0.15) is 0 Å². The van der Waals surface area contributed by atoms with E-state index >= 15 is 0 Å². The monoisotopic (exact) mass is 407 g/mol. The molecule has 29 heavy (non-hydrogen) atoms. The summed E-state index contributed by atoms with van der Waals surface area (Å²) < 4.78 is 2.36. The van der Waals surface area contributed by atoms with Crippen LogP contribution in [0.25, 0.3) is 21.8 Å². The molecule has 0 aliphatic heterocycles. The molecule has 4 aromatic rings. The zero-order chi connectivity index (χ0) is 22.0. The lowest BCUT2D eigenvalue weighted by Gasteiger charge is -2.07. The molecule has 1 heterocycles.